The highest BCUT2D eigenvalue weighted by Crippen LogP contribution is 2.18. The van der Waals surface area contributed by atoms with Crippen LogP contribution in [0.15, 0.2) is 10.7 Å². The number of rotatable bonds is 5. The normalized spacial score (nSPS) is 12.8. The van der Waals surface area contributed by atoms with E-state index in [9.17, 15) is 4.79 Å². The van der Waals surface area contributed by atoms with Crippen molar-refractivity contribution in [2.75, 3.05) is 0 Å². The van der Waals surface area contributed by atoms with Gasteiger partial charge in [-0.2, -0.15) is 5.10 Å². The number of carbonyl (C=O) groups excluding carboxylic acids is 1. The van der Waals surface area contributed by atoms with E-state index in [1.807, 2.05) is 13.8 Å². The summed E-state index contributed by atoms with van der Waals surface area (Å²) in [7, 11) is 0. The van der Waals surface area contributed by atoms with Crippen molar-refractivity contribution in [3.8, 4) is 0 Å². The maximum Gasteiger partial charge on any atom is 0.182 e. The first-order valence-electron chi connectivity index (χ1n) is 5.06. The number of Topliss-reactive ketones (excluding diaryl/α,β-unsaturated/α-hetero) is 1. The van der Waals surface area contributed by atoms with Gasteiger partial charge in [-0.3, -0.25) is 9.48 Å². The molecule has 0 saturated heterocycles. The molecule has 4 nitrogen and oxygen atoms in total. The number of carbonyl (C=O) groups is 1. The lowest BCUT2D eigenvalue weighted by Gasteiger charge is -2.06. The maximum absolute atomic E-state index is 11.9. The van der Waals surface area contributed by atoms with Crippen molar-refractivity contribution >= 4 is 21.7 Å². The third kappa shape index (κ3) is 3.14. The molecule has 15 heavy (non-hydrogen) atoms. The molecule has 1 aromatic rings. The van der Waals surface area contributed by atoms with E-state index >= 15 is 0 Å². The zero-order chi connectivity index (χ0) is 11.4. The highest BCUT2D eigenvalue weighted by atomic mass is 79.9. The largest absolute Gasteiger partial charge is 0.328 e. The molecule has 0 bridgehead atoms. The summed E-state index contributed by atoms with van der Waals surface area (Å²) in [6.07, 6.45) is 2.84. The molecule has 0 aliphatic carbocycles. The van der Waals surface area contributed by atoms with Crippen molar-refractivity contribution in [1.29, 1.82) is 0 Å². The first-order valence-corrected chi connectivity index (χ1v) is 5.85. The lowest BCUT2D eigenvalue weighted by molar-refractivity contribution is 0.0967. The van der Waals surface area contributed by atoms with Crippen LogP contribution >= 0.6 is 15.9 Å². The molecule has 0 amide bonds. The van der Waals surface area contributed by atoms with Crippen LogP contribution in [0.3, 0.4) is 0 Å². The van der Waals surface area contributed by atoms with Gasteiger partial charge in [0.15, 0.2) is 5.78 Å². The van der Waals surface area contributed by atoms with E-state index in [4.69, 9.17) is 5.73 Å². The summed E-state index contributed by atoms with van der Waals surface area (Å²) in [5, 5.41) is 4.10. The van der Waals surface area contributed by atoms with Gasteiger partial charge in [-0.25, -0.2) is 0 Å². The molecular weight excluding hydrogens is 258 g/mol. The van der Waals surface area contributed by atoms with Crippen LogP contribution in [0.25, 0.3) is 0 Å². The van der Waals surface area contributed by atoms with Gasteiger partial charge in [0.2, 0.25) is 0 Å². The minimum Gasteiger partial charge on any atom is -0.328 e. The van der Waals surface area contributed by atoms with E-state index < -0.39 is 0 Å². The molecule has 1 atom stereocenters. The molecule has 0 saturated carbocycles. The molecule has 1 aromatic heterocycles. The van der Waals surface area contributed by atoms with E-state index in [0.717, 1.165) is 4.47 Å². The van der Waals surface area contributed by atoms with Crippen molar-refractivity contribution in [2.45, 2.75) is 39.3 Å². The van der Waals surface area contributed by atoms with Crippen molar-refractivity contribution in [1.82, 2.24) is 9.78 Å². The Balaban J connectivity index is 2.76. The molecule has 0 aromatic carbocycles. The standard InChI is InChI=1S/C10H16BrN3O/c1-3-14-10(8(11)6-13-14)9(15)5-4-7(2)12/h6-7H,3-5,12H2,1-2H3. The smallest absolute Gasteiger partial charge is 0.182 e. The number of hydrogen-bond acceptors (Lipinski definition) is 3. The average Bonchev–Trinajstić information content (AvgIpc) is 2.56. The van der Waals surface area contributed by atoms with Crippen molar-refractivity contribution < 1.29 is 4.79 Å². The van der Waals surface area contributed by atoms with E-state index in [1.54, 1.807) is 10.9 Å². The highest BCUT2D eigenvalue weighted by molar-refractivity contribution is 9.10. The van der Waals surface area contributed by atoms with Crippen molar-refractivity contribution in [2.24, 2.45) is 5.73 Å². The fourth-order valence-electron chi connectivity index (χ4n) is 1.36. The molecule has 0 fully saturated rings. The summed E-state index contributed by atoms with van der Waals surface area (Å²) < 4.78 is 2.46. The number of aromatic nitrogens is 2. The SMILES string of the molecule is CCn1ncc(Br)c1C(=O)CCC(C)N. The highest BCUT2D eigenvalue weighted by Gasteiger charge is 2.16. The van der Waals surface area contributed by atoms with Crippen molar-refractivity contribution in [3.63, 3.8) is 0 Å². The molecule has 1 unspecified atom stereocenters. The summed E-state index contributed by atoms with van der Waals surface area (Å²) in [4.78, 5) is 11.9. The molecule has 1 rings (SSSR count). The zero-order valence-electron chi connectivity index (χ0n) is 9.03. The van der Waals surface area contributed by atoms with Gasteiger partial charge in [-0.05, 0) is 36.2 Å². The maximum atomic E-state index is 11.9. The Morgan fingerprint density at radius 1 is 1.73 bits per heavy atom. The van der Waals surface area contributed by atoms with Crippen LogP contribution in [0.4, 0.5) is 0 Å². The van der Waals surface area contributed by atoms with E-state index in [1.165, 1.54) is 0 Å². The number of aryl methyl sites for hydroxylation is 1. The second kappa shape index (κ2) is 5.42. The molecule has 0 aliphatic rings. The number of nitrogens with two attached hydrogens (primary N) is 1. The van der Waals surface area contributed by atoms with Gasteiger partial charge in [0.25, 0.3) is 0 Å². The zero-order valence-corrected chi connectivity index (χ0v) is 10.6. The fourth-order valence-corrected chi connectivity index (χ4v) is 1.87. The Bertz CT molecular complexity index is 346. The van der Waals surface area contributed by atoms with Crippen LogP contribution in [-0.2, 0) is 6.54 Å². The number of nitrogens with zero attached hydrogens (tertiary/aromatic N) is 2. The third-order valence-corrected chi connectivity index (χ3v) is 2.77. The van der Waals surface area contributed by atoms with Crippen LogP contribution < -0.4 is 5.73 Å². The summed E-state index contributed by atoms with van der Waals surface area (Å²) in [5.74, 6) is 0.0959. The molecule has 0 aliphatic heterocycles. The Morgan fingerprint density at radius 3 is 2.93 bits per heavy atom. The van der Waals surface area contributed by atoms with Gasteiger partial charge >= 0.3 is 0 Å². The molecule has 1 heterocycles. The Kier molecular flexibility index (Phi) is 4.47. The van der Waals surface area contributed by atoms with E-state index in [2.05, 4.69) is 21.0 Å². The Hall–Kier alpha value is -0.680. The molecule has 84 valence electrons. The quantitative estimate of drug-likeness (QED) is 0.835. The van der Waals surface area contributed by atoms with Gasteiger partial charge in [-0.15, -0.1) is 0 Å². The molecule has 0 spiro atoms. The Labute approximate surface area is 98.0 Å². The van der Waals surface area contributed by atoms with Gasteiger partial charge in [0.1, 0.15) is 5.69 Å². The summed E-state index contributed by atoms with van der Waals surface area (Å²) >= 11 is 3.33. The first kappa shape index (κ1) is 12.4. The monoisotopic (exact) mass is 273 g/mol. The molecule has 2 N–H and O–H groups in total. The summed E-state index contributed by atoms with van der Waals surface area (Å²) in [6, 6.07) is 0.0609. The first-order chi connectivity index (χ1) is 7.06. The molecule has 5 heteroatoms. The molecular formula is C10H16BrN3O. The van der Waals surface area contributed by atoms with Gasteiger partial charge in [0.05, 0.1) is 10.7 Å². The number of hydrogen-bond donors (Lipinski definition) is 1. The van der Waals surface area contributed by atoms with Gasteiger partial charge in [0, 0.05) is 19.0 Å². The van der Waals surface area contributed by atoms with E-state index in [0.29, 0.717) is 25.1 Å². The summed E-state index contributed by atoms with van der Waals surface area (Å²) in [5.41, 5.74) is 6.27. The number of ketones is 1. The minimum absolute atomic E-state index is 0.0609. The van der Waals surface area contributed by atoms with Crippen molar-refractivity contribution in [3.05, 3.63) is 16.4 Å². The number of halogens is 1. The van der Waals surface area contributed by atoms with Crippen LogP contribution in [0, 0.1) is 0 Å². The van der Waals surface area contributed by atoms with Crippen LogP contribution in [0.2, 0.25) is 0 Å². The second-order valence-electron chi connectivity index (χ2n) is 3.60. The van der Waals surface area contributed by atoms with Crippen LogP contribution in [0.5, 0.6) is 0 Å². The lowest BCUT2D eigenvalue weighted by Crippen LogP contribution is -2.18. The average molecular weight is 274 g/mol. The van der Waals surface area contributed by atoms with Gasteiger partial charge in [-0.1, -0.05) is 0 Å². The molecule has 0 radical (unpaired) electrons. The minimum atomic E-state index is 0.0609. The lowest BCUT2D eigenvalue weighted by atomic mass is 10.1. The van der Waals surface area contributed by atoms with Crippen LogP contribution in [-0.4, -0.2) is 21.6 Å². The van der Waals surface area contributed by atoms with E-state index in [-0.39, 0.29) is 11.8 Å². The van der Waals surface area contributed by atoms with Crippen LogP contribution in [0.1, 0.15) is 37.2 Å². The Morgan fingerprint density at radius 2 is 2.40 bits per heavy atom. The summed E-state index contributed by atoms with van der Waals surface area (Å²) in [6.45, 7) is 4.56. The topological polar surface area (TPSA) is 60.9 Å². The fraction of sp³-hybridized carbons (Fsp3) is 0.600. The third-order valence-electron chi connectivity index (χ3n) is 2.19. The predicted molar refractivity (Wildman–Crippen MR) is 62.8 cm³/mol. The predicted octanol–water partition coefficient (Wildman–Crippen LogP) is 1.98. The second-order valence-corrected chi connectivity index (χ2v) is 4.45. The van der Waals surface area contributed by atoms with Gasteiger partial charge < -0.3 is 5.73 Å².